The highest BCUT2D eigenvalue weighted by Crippen LogP contribution is 2.33. The highest BCUT2D eigenvalue weighted by molar-refractivity contribution is 5.80. The molecular weight excluding hydrogens is 340 g/mol. The van der Waals surface area contributed by atoms with Crippen molar-refractivity contribution in [2.45, 2.75) is 19.4 Å². The summed E-state index contributed by atoms with van der Waals surface area (Å²) in [5.41, 5.74) is 3.43. The highest BCUT2D eigenvalue weighted by Gasteiger charge is 2.23. The number of hydrogen-bond acceptors (Lipinski definition) is 4. The van der Waals surface area contributed by atoms with Crippen molar-refractivity contribution in [1.82, 2.24) is 9.78 Å². The number of rotatable bonds is 6. The van der Waals surface area contributed by atoms with Gasteiger partial charge < -0.3 is 9.47 Å². The first-order chi connectivity index (χ1) is 13.2. The van der Waals surface area contributed by atoms with Crippen molar-refractivity contribution in [3.05, 3.63) is 65.0 Å². The molecule has 0 unspecified atom stereocenters. The van der Waals surface area contributed by atoms with Gasteiger partial charge in [-0.25, -0.2) is 4.68 Å². The minimum Gasteiger partial charge on any atom is -0.497 e. The number of nitrogens with zero attached hydrogens (tertiary/aromatic N) is 2. The van der Waals surface area contributed by atoms with E-state index in [-0.39, 0.29) is 5.56 Å². The van der Waals surface area contributed by atoms with E-state index in [1.54, 1.807) is 25.0 Å². The summed E-state index contributed by atoms with van der Waals surface area (Å²) in [6.45, 7) is 0.685. The first-order valence-corrected chi connectivity index (χ1v) is 9.09. The van der Waals surface area contributed by atoms with Gasteiger partial charge in [0.1, 0.15) is 11.5 Å². The number of ether oxygens (including phenoxy) is 2. The molecule has 0 amide bonds. The average Bonchev–Trinajstić information content (AvgIpc) is 3.53. The lowest BCUT2D eigenvalue weighted by Crippen LogP contribution is -2.24. The molecule has 1 saturated carbocycles. The van der Waals surface area contributed by atoms with E-state index in [9.17, 15) is 4.79 Å². The minimum absolute atomic E-state index is 0.0648. The molecule has 1 heterocycles. The second kappa shape index (κ2) is 7.27. The number of aromatic nitrogens is 2. The van der Waals surface area contributed by atoms with Crippen LogP contribution in [0.15, 0.2) is 59.4 Å². The maximum absolute atomic E-state index is 12.6. The molecule has 0 aliphatic heterocycles. The molecule has 138 valence electrons. The van der Waals surface area contributed by atoms with Crippen molar-refractivity contribution >= 4 is 0 Å². The van der Waals surface area contributed by atoms with E-state index in [1.165, 1.54) is 12.8 Å². The molecule has 1 aromatic heterocycles. The third kappa shape index (κ3) is 3.72. The zero-order valence-corrected chi connectivity index (χ0v) is 15.5. The van der Waals surface area contributed by atoms with E-state index in [1.807, 2.05) is 48.5 Å². The zero-order chi connectivity index (χ0) is 18.8. The Hall–Kier alpha value is -3.08. The Morgan fingerprint density at radius 2 is 1.48 bits per heavy atom. The molecule has 0 bridgehead atoms. The van der Waals surface area contributed by atoms with Gasteiger partial charge in [-0.2, -0.15) is 5.10 Å². The summed E-state index contributed by atoms with van der Waals surface area (Å²) >= 11 is 0. The Labute approximate surface area is 158 Å². The highest BCUT2D eigenvalue weighted by atomic mass is 16.5. The topological polar surface area (TPSA) is 53.4 Å². The largest absolute Gasteiger partial charge is 0.497 e. The lowest BCUT2D eigenvalue weighted by molar-refractivity contribution is 0.414. The van der Waals surface area contributed by atoms with E-state index in [0.29, 0.717) is 12.5 Å². The van der Waals surface area contributed by atoms with Gasteiger partial charge in [0.25, 0.3) is 5.56 Å². The van der Waals surface area contributed by atoms with Crippen LogP contribution in [-0.2, 0) is 6.54 Å². The molecule has 4 rings (SSSR count). The molecule has 5 nitrogen and oxygen atoms in total. The van der Waals surface area contributed by atoms with Crippen LogP contribution in [0.3, 0.4) is 0 Å². The Balaban J connectivity index is 1.84. The summed E-state index contributed by atoms with van der Waals surface area (Å²) < 4.78 is 12.1. The van der Waals surface area contributed by atoms with Crippen molar-refractivity contribution in [3.8, 4) is 33.9 Å². The lowest BCUT2D eigenvalue weighted by Gasteiger charge is -2.13. The molecule has 27 heavy (non-hydrogen) atoms. The molecule has 1 fully saturated rings. The van der Waals surface area contributed by atoms with Gasteiger partial charge in [-0.1, -0.05) is 12.1 Å². The molecule has 1 aliphatic carbocycles. The summed E-state index contributed by atoms with van der Waals surface area (Å²) in [5.74, 6) is 2.14. The molecule has 2 aromatic carbocycles. The molecule has 1 aliphatic rings. The molecular formula is C22H22N2O3. The van der Waals surface area contributed by atoms with Gasteiger partial charge in [0, 0.05) is 23.7 Å². The summed E-state index contributed by atoms with van der Waals surface area (Å²) in [5, 5.41) is 4.73. The monoisotopic (exact) mass is 362 g/mol. The molecule has 0 N–H and O–H groups in total. The van der Waals surface area contributed by atoms with Crippen molar-refractivity contribution in [2.24, 2.45) is 5.92 Å². The normalized spacial score (nSPS) is 13.4. The van der Waals surface area contributed by atoms with E-state index in [0.717, 1.165) is 33.9 Å². The number of hydrogen-bond donors (Lipinski definition) is 0. The van der Waals surface area contributed by atoms with Gasteiger partial charge in [-0.3, -0.25) is 4.79 Å². The summed E-state index contributed by atoms with van der Waals surface area (Å²) in [6, 6.07) is 17.1. The van der Waals surface area contributed by atoms with Gasteiger partial charge in [-0.05, 0) is 60.7 Å². The van der Waals surface area contributed by atoms with Gasteiger partial charge in [-0.15, -0.1) is 0 Å². The first kappa shape index (κ1) is 17.3. The van der Waals surface area contributed by atoms with E-state index >= 15 is 0 Å². The summed E-state index contributed by atoms with van der Waals surface area (Å²) in [4.78, 5) is 12.6. The Morgan fingerprint density at radius 1 is 0.926 bits per heavy atom. The molecule has 0 spiro atoms. The molecule has 0 radical (unpaired) electrons. The predicted molar refractivity (Wildman–Crippen MR) is 105 cm³/mol. The molecule has 0 saturated heterocycles. The Morgan fingerprint density at radius 3 is 2.00 bits per heavy atom. The van der Waals surface area contributed by atoms with Crippen molar-refractivity contribution in [1.29, 1.82) is 0 Å². The van der Waals surface area contributed by atoms with Crippen LogP contribution in [0.25, 0.3) is 22.4 Å². The Kier molecular flexibility index (Phi) is 4.67. The fourth-order valence-corrected chi connectivity index (χ4v) is 3.12. The van der Waals surface area contributed by atoms with Crippen LogP contribution in [0.2, 0.25) is 0 Å². The fraction of sp³-hybridized carbons (Fsp3) is 0.273. The zero-order valence-electron chi connectivity index (χ0n) is 15.5. The van der Waals surface area contributed by atoms with Crippen molar-refractivity contribution in [3.63, 3.8) is 0 Å². The van der Waals surface area contributed by atoms with Crippen molar-refractivity contribution in [2.75, 3.05) is 14.2 Å². The van der Waals surface area contributed by atoms with Gasteiger partial charge in [0.2, 0.25) is 0 Å². The quantitative estimate of drug-likeness (QED) is 0.665. The average molecular weight is 362 g/mol. The lowest BCUT2D eigenvalue weighted by atomic mass is 10.00. The van der Waals surface area contributed by atoms with Crippen LogP contribution in [0.4, 0.5) is 0 Å². The van der Waals surface area contributed by atoms with Crippen LogP contribution in [0.5, 0.6) is 11.5 Å². The van der Waals surface area contributed by atoms with Gasteiger partial charge in [0.15, 0.2) is 0 Å². The summed E-state index contributed by atoms with van der Waals surface area (Å²) in [7, 11) is 3.28. The SMILES string of the molecule is COc1ccc(-c2cc(=O)n(CC3CC3)nc2-c2ccc(OC)cc2)cc1. The third-order valence-electron chi connectivity index (χ3n) is 4.89. The van der Waals surface area contributed by atoms with Crippen LogP contribution in [-0.4, -0.2) is 24.0 Å². The third-order valence-corrected chi connectivity index (χ3v) is 4.89. The van der Waals surface area contributed by atoms with Gasteiger partial charge >= 0.3 is 0 Å². The standard InChI is InChI=1S/C22H22N2O3/c1-26-18-9-5-16(6-10-18)20-13-21(25)24(14-15-3-4-15)23-22(20)17-7-11-19(27-2)12-8-17/h5-13,15H,3-4,14H2,1-2H3. The second-order valence-electron chi connectivity index (χ2n) is 6.83. The van der Waals surface area contributed by atoms with E-state index in [2.05, 4.69) is 0 Å². The molecule has 5 heteroatoms. The Bertz CT molecular complexity index is 988. The fourth-order valence-electron chi connectivity index (χ4n) is 3.12. The maximum Gasteiger partial charge on any atom is 0.267 e. The number of methoxy groups -OCH3 is 2. The van der Waals surface area contributed by atoms with E-state index < -0.39 is 0 Å². The molecule has 3 aromatic rings. The van der Waals surface area contributed by atoms with Crippen LogP contribution in [0, 0.1) is 5.92 Å². The van der Waals surface area contributed by atoms with E-state index in [4.69, 9.17) is 14.6 Å². The number of benzene rings is 2. The van der Waals surface area contributed by atoms with Crippen LogP contribution >= 0.6 is 0 Å². The summed E-state index contributed by atoms with van der Waals surface area (Å²) in [6.07, 6.45) is 2.35. The van der Waals surface area contributed by atoms with Crippen LogP contribution in [0.1, 0.15) is 12.8 Å². The second-order valence-corrected chi connectivity index (χ2v) is 6.83. The first-order valence-electron chi connectivity index (χ1n) is 9.09. The van der Waals surface area contributed by atoms with Crippen molar-refractivity contribution < 1.29 is 9.47 Å². The molecule has 0 atom stereocenters. The maximum atomic E-state index is 12.6. The minimum atomic E-state index is -0.0648. The van der Waals surface area contributed by atoms with Crippen LogP contribution < -0.4 is 15.0 Å². The van der Waals surface area contributed by atoms with Gasteiger partial charge in [0.05, 0.1) is 19.9 Å². The smallest absolute Gasteiger partial charge is 0.267 e. The predicted octanol–water partition coefficient (Wildman–Crippen LogP) is 4.00.